The molecule has 5 heteroatoms. The number of anilines is 1. The number of aromatic nitrogens is 1. The van der Waals surface area contributed by atoms with E-state index >= 15 is 0 Å². The van der Waals surface area contributed by atoms with E-state index < -0.39 is 5.97 Å². The van der Waals surface area contributed by atoms with Crippen molar-refractivity contribution in [3.63, 3.8) is 0 Å². The third-order valence-corrected chi connectivity index (χ3v) is 3.06. The Morgan fingerprint density at radius 2 is 2.29 bits per heavy atom. The Hall–Kier alpha value is -1.10. The number of carbonyl (C=O) groups is 1. The first-order valence-corrected chi connectivity index (χ1v) is 5.08. The fourth-order valence-corrected chi connectivity index (χ4v) is 1.69. The second kappa shape index (κ2) is 3.24. The largest absolute Gasteiger partial charge is 0.478 e. The van der Waals surface area contributed by atoms with Gasteiger partial charge in [-0.25, -0.2) is 9.78 Å². The zero-order chi connectivity index (χ0) is 10.3. The number of carboxylic acid groups (broad SMARTS) is 1. The van der Waals surface area contributed by atoms with Crippen LogP contribution < -0.4 is 5.73 Å². The van der Waals surface area contributed by atoms with Crippen LogP contribution in [0.3, 0.4) is 0 Å². The Balaban J connectivity index is 2.51. The van der Waals surface area contributed by atoms with Crippen molar-refractivity contribution in [2.24, 2.45) is 0 Å². The van der Waals surface area contributed by atoms with Crippen molar-refractivity contribution in [3.05, 3.63) is 21.8 Å². The maximum atomic E-state index is 10.9. The minimum absolute atomic E-state index is 0.194. The highest BCUT2D eigenvalue weighted by Crippen LogP contribution is 2.40. The molecule has 0 bridgehead atoms. The van der Waals surface area contributed by atoms with E-state index in [2.05, 4.69) is 20.9 Å². The van der Waals surface area contributed by atoms with Crippen LogP contribution in [0.15, 0.2) is 10.5 Å². The van der Waals surface area contributed by atoms with Gasteiger partial charge in [-0.1, -0.05) is 0 Å². The molecule has 0 aromatic carbocycles. The van der Waals surface area contributed by atoms with Crippen molar-refractivity contribution in [1.29, 1.82) is 0 Å². The van der Waals surface area contributed by atoms with Gasteiger partial charge in [0.1, 0.15) is 5.82 Å². The maximum absolute atomic E-state index is 10.9. The molecule has 1 aliphatic rings. The molecule has 74 valence electrons. The van der Waals surface area contributed by atoms with Gasteiger partial charge in [-0.15, -0.1) is 0 Å². The Kier molecular flexibility index (Phi) is 2.19. The van der Waals surface area contributed by atoms with Gasteiger partial charge in [0.25, 0.3) is 0 Å². The molecule has 1 aromatic heterocycles. The fraction of sp³-hybridized carbons (Fsp3) is 0.333. The molecule has 1 aliphatic carbocycles. The Morgan fingerprint density at radius 1 is 1.64 bits per heavy atom. The van der Waals surface area contributed by atoms with E-state index in [-0.39, 0.29) is 11.4 Å². The lowest BCUT2D eigenvalue weighted by molar-refractivity contribution is 0.0695. The third kappa shape index (κ3) is 1.59. The van der Waals surface area contributed by atoms with Crippen LogP contribution in [0, 0.1) is 0 Å². The van der Waals surface area contributed by atoms with Gasteiger partial charge in [0.2, 0.25) is 0 Å². The number of carboxylic acids is 1. The quantitative estimate of drug-likeness (QED) is 0.849. The lowest BCUT2D eigenvalue weighted by atomic mass is 10.2. The zero-order valence-corrected chi connectivity index (χ0v) is 8.91. The highest BCUT2D eigenvalue weighted by molar-refractivity contribution is 9.10. The molecule has 0 amide bonds. The molecule has 1 saturated carbocycles. The average Bonchev–Trinajstić information content (AvgIpc) is 2.91. The number of rotatable bonds is 2. The molecular formula is C9H9BrN2O2. The molecule has 1 fully saturated rings. The van der Waals surface area contributed by atoms with Gasteiger partial charge >= 0.3 is 5.97 Å². The summed E-state index contributed by atoms with van der Waals surface area (Å²) in [5.41, 5.74) is 6.59. The van der Waals surface area contributed by atoms with E-state index in [1.165, 1.54) is 0 Å². The summed E-state index contributed by atoms with van der Waals surface area (Å²) >= 11 is 3.12. The van der Waals surface area contributed by atoms with E-state index in [1.807, 2.05) is 0 Å². The summed E-state index contributed by atoms with van der Waals surface area (Å²) in [6, 6.07) is 1.60. The van der Waals surface area contributed by atoms with Gasteiger partial charge in [0.15, 0.2) is 0 Å². The molecule has 0 radical (unpaired) electrons. The molecule has 0 unspecified atom stereocenters. The predicted molar refractivity (Wildman–Crippen MR) is 55.3 cm³/mol. The van der Waals surface area contributed by atoms with Crippen LogP contribution in [0.4, 0.5) is 5.82 Å². The molecule has 1 heterocycles. The number of nitrogen functional groups attached to an aromatic ring is 1. The topological polar surface area (TPSA) is 76.2 Å². The van der Waals surface area contributed by atoms with Crippen molar-refractivity contribution >= 4 is 27.7 Å². The molecular weight excluding hydrogens is 248 g/mol. The van der Waals surface area contributed by atoms with Crippen molar-refractivity contribution in [2.45, 2.75) is 18.8 Å². The van der Waals surface area contributed by atoms with Crippen molar-refractivity contribution < 1.29 is 9.90 Å². The Labute approximate surface area is 89.3 Å². The van der Waals surface area contributed by atoms with Gasteiger partial charge < -0.3 is 10.8 Å². The molecule has 14 heavy (non-hydrogen) atoms. The smallest absolute Gasteiger partial charge is 0.337 e. The zero-order valence-electron chi connectivity index (χ0n) is 7.33. The van der Waals surface area contributed by atoms with Crippen LogP contribution in [0.5, 0.6) is 0 Å². The Morgan fingerprint density at radius 3 is 2.79 bits per heavy atom. The van der Waals surface area contributed by atoms with Crippen molar-refractivity contribution in [2.75, 3.05) is 5.73 Å². The molecule has 0 saturated heterocycles. The molecule has 0 spiro atoms. The predicted octanol–water partition coefficient (Wildman–Crippen LogP) is 2.00. The van der Waals surface area contributed by atoms with Crippen LogP contribution in [0.2, 0.25) is 0 Å². The van der Waals surface area contributed by atoms with Gasteiger partial charge in [-0.05, 0) is 34.8 Å². The normalized spacial score (nSPS) is 15.5. The summed E-state index contributed by atoms with van der Waals surface area (Å²) in [5, 5.41) is 8.90. The standard InChI is InChI=1S/C9H9BrN2O2/c10-7-5(9(13)14)3-6(4-1-2-4)12-8(7)11/h3-4H,1-2H2,(H2,11,12)(H,13,14). The van der Waals surface area contributed by atoms with Crippen LogP contribution in [0.1, 0.15) is 34.8 Å². The van der Waals surface area contributed by atoms with E-state index in [4.69, 9.17) is 10.8 Å². The minimum Gasteiger partial charge on any atom is -0.478 e. The average molecular weight is 257 g/mol. The SMILES string of the molecule is Nc1nc(C2CC2)cc(C(=O)O)c1Br. The number of hydrogen-bond acceptors (Lipinski definition) is 3. The lowest BCUT2D eigenvalue weighted by Crippen LogP contribution is -2.05. The minimum atomic E-state index is -0.979. The third-order valence-electron chi connectivity index (χ3n) is 2.23. The van der Waals surface area contributed by atoms with Gasteiger partial charge in [0, 0.05) is 11.6 Å². The van der Waals surface area contributed by atoms with Crippen LogP contribution >= 0.6 is 15.9 Å². The summed E-state index contributed by atoms with van der Waals surface area (Å²) < 4.78 is 0.370. The molecule has 3 N–H and O–H groups in total. The van der Waals surface area contributed by atoms with Gasteiger partial charge in [-0.3, -0.25) is 0 Å². The summed E-state index contributed by atoms with van der Waals surface area (Å²) in [6.07, 6.45) is 2.15. The maximum Gasteiger partial charge on any atom is 0.337 e. The molecule has 0 atom stereocenters. The number of hydrogen-bond donors (Lipinski definition) is 2. The van der Waals surface area contributed by atoms with Crippen LogP contribution in [0.25, 0.3) is 0 Å². The van der Waals surface area contributed by atoms with Crippen molar-refractivity contribution in [3.8, 4) is 0 Å². The van der Waals surface area contributed by atoms with Gasteiger partial charge in [0.05, 0.1) is 10.0 Å². The number of nitrogens with two attached hydrogens (primary N) is 1. The highest BCUT2D eigenvalue weighted by Gasteiger charge is 2.27. The molecule has 1 aromatic rings. The summed E-state index contributed by atoms with van der Waals surface area (Å²) in [5.74, 6) is -0.317. The number of halogens is 1. The van der Waals surface area contributed by atoms with Crippen LogP contribution in [-0.4, -0.2) is 16.1 Å². The van der Waals surface area contributed by atoms with Crippen molar-refractivity contribution in [1.82, 2.24) is 4.98 Å². The van der Waals surface area contributed by atoms with E-state index in [0.29, 0.717) is 10.4 Å². The van der Waals surface area contributed by atoms with E-state index in [1.54, 1.807) is 6.07 Å². The highest BCUT2D eigenvalue weighted by atomic mass is 79.9. The Bertz CT molecular complexity index is 402. The molecule has 2 rings (SSSR count). The first-order valence-electron chi connectivity index (χ1n) is 4.29. The number of aromatic carboxylic acids is 1. The monoisotopic (exact) mass is 256 g/mol. The lowest BCUT2D eigenvalue weighted by Gasteiger charge is -2.05. The number of nitrogens with zero attached hydrogens (tertiary/aromatic N) is 1. The summed E-state index contributed by atoms with van der Waals surface area (Å²) in [4.78, 5) is 15.0. The summed E-state index contributed by atoms with van der Waals surface area (Å²) in [6.45, 7) is 0. The first kappa shape index (κ1) is 9.45. The number of pyridine rings is 1. The second-order valence-corrected chi connectivity index (χ2v) is 4.17. The van der Waals surface area contributed by atoms with E-state index in [9.17, 15) is 4.79 Å². The fourth-order valence-electron chi connectivity index (χ4n) is 1.31. The second-order valence-electron chi connectivity index (χ2n) is 3.37. The first-order chi connectivity index (χ1) is 6.59. The van der Waals surface area contributed by atoms with Crippen LogP contribution in [-0.2, 0) is 0 Å². The van der Waals surface area contributed by atoms with Gasteiger partial charge in [-0.2, -0.15) is 0 Å². The molecule has 4 nitrogen and oxygen atoms in total. The van der Waals surface area contributed by atoms with E-state index in [0.717, 1.165) is 18.5 Å². The summed E-state index contributed by atoms with van der Waals surface area (Å²) in [7, 11) is 0. The molecule has 0 aliphatic heterocycles.